The molecule has 1 saturated carbocycles. The van der Waals surface area contributed by atoms with Crippen LogP contribution in [-0.4, -0.2) is 13.1 Å². The van der Waals surface area contributed by atoms with Crippen molar-refractivity contribution in [2.75, 3.05) is 13.1 Å². The molecule has 0 amide bonds. The fraction of sp³-hybridized carbons (Fsp3) is 0.529. The lowest BCUT2D eigenvalue weighted by Gasteiger charge is -2.23. The molecule has 0 spiro atoms. The average molecular weight is 340 g/mol. The summed E-state index contributed by atoms with van der Waals surface area (Å²) >= 11 is 3.21. The summed E-state index contributed by atoms with van der Waals surface area (Å²) in [6.45, 7) is 10.4. The van der Waals surface area contributed by atoms with Crippen LogP contribution in [0.15, 0.2) is 34.8 Å². The lowest BCUT2D eigenvalue weighted by atomic mass is 9.85. The molecule has 2 rings (SSSR count). The molecular formula is C17H23BrFN. The van der Waals surface area contributed by atoms with Crippen LogP contribution in [0.4, 0.5) is 4.39 Å². The molecule has 0 heterocycles. The smallest absolute Gasteiger partial charge is 0.137 e. The van der Waals surface area contributed by atoms with Crippen molar-refractivity contribution in [1.82, 2.24) is 5.32 Å². The van der Waals surface area contributed by atoms with Crippen molar-refractivity contribution in [3.8, 4) is 0 Å². The van der Waals surface area contributed by atoms with E-state index < -0.39 is 0 Å². The number of hydrogen-bond donors (Lipinski definition) is 1. The summed E-state index contributed by atoms with van der Waals surface area (Å²) in [7, 11) is 0. The van der Waals surface area contributed by atoms with E-state index in [9.17, 15) is 4.39 Å². The quantitative estimate of drug-likeness (QED) is 0.698. The third-order valence-corrected chi connectivity index (χ3v) is 4.66. The van der Waals surface area contributed by atoms with Gasteiger partial charge in [0.25, 0.3) is 0 Å². The van der Waals surface area contributed by atoms with E-state index in [1.54, 1.807) is 12.1 Å². The molecule has 0 bridgehead atoms. The molecule has 0 saturated heterocycles. The van der Waals surface area contributed by atoms with Gasteiger partial charge in [0.05, 0.1) is 4.47 Å². The molecule has 1 fully saturated rings. The van der Waals surface area contributed by atoms with Crippen LogP contribution in [0.5, 0.6) is 0 Å². The third-order valence-electron chi connectivity index (χ3n) is 4.01. The summed E-state index contributed by atoms with van der Waals surface area (Å²) in [6, 6.07) is 5.40. The van der Waals surface area contributed by atoms with E-state index in [1.807, 2.05) is 6.07 Å². The molecule has 1 nitrogen and oxygen atoms in total. The van der Waals surface area contributed by atoms with Gasteiger partial charge in [0.15, 0.2) is 0 Å². The molecule has 1 aromatic carbocycles. The Hall–Kier alpha value is -0.670. The Labute approximate surface area is 129 Å². The number of nitrogens with one attached hydrogen (secondary N) is 1. The highest BCUT2D eigenvalue weighted by molar-refractivity contribution is 9.10. The topological polar surface area (TPSA) is 12.0 Å². The Balaban J connectivity index is 2.10. The fourth-order valence-electron chi connectivity index (χ4n) is 2.35. The van der Waals surface area contributed by atoms with Gasteiger partial charge in [0.1, 0.15) is 5.82 Å². The molecule has 0 aliphatic heterocycles. The highest BCUT2D eigenvalue weighted by atomic mass is 79.9. The zero-order chi connectivity index (χ0) is 14.7. The number of halogens is 2. The van der Waals surface area contributed by atoms with Crippen molar-refractivity contribution < 1.29 is 4.39 Å². The molecule has 1 aliphatic carbocycles. The normalized spacial score (nSPS) is 16.4. The first-order valence-corrected chi connectivity index (χ1v) is 8.12. The van der Waals surface area contributed by atoms with Crippen LogP contribution < -0.4 is 5.32 Å². The first-order valence-electron chi connectivity index (χ1n) is 7.33. The third kappa shape index (κ3) is 4.16. The standard InChI is InChI=1S/C17H23BrFN/c1-11(2)12(3)15(10-20-9-13-4-5-13)14-6-7-16(18)17(19)8-14/h6-8,11,13,15,20H,3-5,9-10H2,1-2H3/t15-/m0/s1. The summed E-state index contributed by atoms with van der Waals surface area (Å²) in [5.74, 6) is 1.22. The number of benzene rings is 1. The van der Waals surface area contributed by atoms with Crippen LogP contribution >= 0.6 is 15.9 Å². The highest BCUT2D eigenvalue weighted by Crippen LogP contribution is 2.31. The minimum atomic E-state index is -0.203. The van der Waals surface area contributed by atoms with Gasteiger partial charge in [-0.15, -0.1) is 0 Å². The molecule has 0 radical (unpaired) electrons. The van der Waals surface area contributed by atoms with E-state index in [2.05, 4.69) is 41.7 Å². The Morgan fingerprint density at radius 1 is 1.45 bits per heavy atom. The van der Waals surface area contributed by atoms with Crippen molar-refractivity contribution in [3.05, 3.63) is 46.2 Å². The summed E-state index contributed by atoms with van der Waals surface area (Å²) in [5.41, 5.74) is 2.17. The van der Waals surface area contributed by atoms with Gasteiger partial charge in [0.2, 0.25) is 0 Å². The predicted octanol–water partition coefficient (Wildman–Crippen LogP) is 4.88. The number of rotatable bonds is 7. The van der Waals surface area contributed by atoms with Gasteiger partial charge in [-0.25, -0.2) is 4.39 Å². The van der Waals surface area contributed by atoms with Gasteiger partial charge in [0, 0.05) is 12.5 Å². The Bertz CT molecular complexity index is 480. The van der Waals surface area contributed by atoms with Crippen LogP contribution in [0, 0.1) is 17.7 Å². The molecule has 3 heteroatoms. The summed E-state index contributed by atoms with van der Waals surface area (Å²) in [6.07, 6.45) is 2.69. The first kappa shape index (κ1) is 15.7. The van der Waals surface area contributed by atoms with E-state index in [4.69, 9.17) is 0 Å². The maximum atomic E-state index is 13.8. The number of hydrogen-bond acceptors (Lipinski definition) is 1. The molecule has 1 aliphatic rings. The van der Waals surface area contributed by atoms with Crippen molar-refractivity contribution >= 4 is 15.9 Å². The van der Waals surface area contributed by atoms with Crippen LogP contribution in [0.3, 0.4) is 0 Å². The van der Waals surface area contributed by atoms with Crippen molar-refractivity contribution in [1.29, 1.82) is 0 Å². The van der Waals surface area contributed by atoms with Crippen LogP contribution in [-0.2, 0) is 0 Å². The van der Waals surface area contributed by atoms with Gasteiger partial charge in [-0.3, -0.25) is 0 Å². The minimum Gasteiger partial charge on any atom is -0.316 e. The largest absolute Gasteiger partial charge is 0.316 e. The Kier molecular flexibility index (Phi) is 5.39. The first-order chi connectivity index (χ1) is 9.49. The van der Waals surface area contributed by atoms with E-state index >= 15 is 0 Å². The zero-order valence-electron chi connectivity index (χ0n) is 12.3. The summed E-state index contributed by atoms with van der Waals surface area (Å²) in [4.78, 5) is 0. The molecule has 1 atom stereocenters. The second kappa shape index (κ2) is 6.86. The van der Waals surface area contributed by atoms with E-state index in [-0.39, 0.29) is 11.7 Å². The maximum Gasteiger partial charge on any atom is 0.137 e. The lowest BCUT2D eigenvalue weighted by Crippen LogP contribution is -2.26. The lowest BCUT2D eigenvalue weighted by molar-refractivity contribution is 0.560. The van der Waals surface area contributed by atoms with Gasteiger partial charge < -0.3 is 5.32 Å². The van der Waals surface area contributed by atoms with E-state index in [0.29, 0.717) is 10.4 Å². The Morgan fingerprint density at radius 2 is 2.15 bits per heavy atom. The summed E-state index contributed by atoms with van der Waals surface area (Å²) < 4.78 is 14.3. The zero-order valence-corrected chi connectivity index (χ0v) is 13.8. The molecule has 110 valence electrons. The van der Waals surface area contributed by atoms with E-state index in [1.165, 1.54) is 12.8 Å². The average Bonchev–Trinajstić information content (AvgIpc) is 3.21. The second-order valence-electron chi connectivity index (χ2n) is 6.06. The molecule has 0 aromatic heterocycles. The molecule has 1 N–H and O–H groups in total. The molecule has 20 heavy (non-hydrogen) atoms. The second-order valence-corrected chi connectivity index (χ2v) is 6.91. The highest BCUT2D eigenvalue weighted by Gasteiger charge is 2.23. The van der Waals surface area contributed by atoms with Gasteiger partial charge in [-0.1, -0.05) is 32.1 Å². The van der Waals surface area contributed by atoms with Crippen molar-refractivity contribution in [3.63, 3.8) is 0 Å². The van der Waals surface area contributed by atoms with Gasteiger partial charge in [-0.05, 0) is 64.8 Å². The fourth-order valence-corrected chi connectivity index (χ4v) is 2.59. The Morgan fingerprint density at radius 3 is 2.70 bits per heavy atom. The van der Waals surface area contributed by atoms with E-state index in [0.717, 1.165) is 30.1 Å². The molecule has 1 aromatic rings. The van der Waals surface area contributed by atoms with Gasteiger partial charge in [-0.2, -0.15) is 0 Å². The summed E-state index contributed by atoms with van der Waals surface area (Å²) in [5, 5.41) is 3.52. The van der Waals surface area contributed by atoms with Gasteiger partial charge >= 0.3 is 0 Å². The van der Waals surface area contributed by atoms with Crippen LogP contribution in [0.2, 0.25) is 0 Å². The molecular weight excluding hydrogens is 317 g/mol. The molecule has 0 unspecified atom stereocenters. The monoisotopic (exact) mass is 339 g/mol. The van der Waals surface area contributed by atoms with Crippen LogP contribution in [0.1, 0.15) is 38.2 Å². The van der Waals surface area contributed by atoms with Crippen LogP contribution in [0.25, 0.3) is 0 Å². The predicted molar refractivity (Wildman–Crippen MR) is 86.4 cm³/mol. The maximum absolute atomic E-state index is 13.8. The minimum absolute atomic E-state index is 0.177. The SMILES string of the molecule is C=C(C(C)C)[C@H](CNCC1CC1)c1ccc(Br)c(F)c1. The van der Waals surface area contributed by atoms with Crippen molar-refractivity contribution in [2.24, 2.45) is 11.8 Å². The van der Waals surface area contributed by atoms with Crippen molar-refractivity contribution in [2.45, 2.75) is 32.6 Å².